The molecule has 0 aromatic heterocycles. The van der Waals surface area contributed by atoms with E-state index in [1.54, 1.807) is 0 Å². The van der Waals surface area contributed by atoms with Gasteiger partial charge >= 0.3 is 0 Å². The molecule has 0 unspecified atom stereocenters. The molecule has 0 fully saturated rings. The molecule has 0 heterocycles. The van der Waals surface area contributed by atoms with Crippen LogP contribution in [0.4, 0.5) is 5.69 Å². The van der Waals surface area contributed by atoms with Gasteiger partial charge in [0, 0.05) is 12.2 Å². The maximum absolute atomic E-state index is 3.47. The van der Waals surface area contributed by atoms with Crippen molar-refractivity contribution < 1.29 is 0 Å². The van der Waals surface area contributed by atoms with Gasteiger partial charge in [-0.05, 0) is 23.5 Å². The van der Waals surface area contributed by atoms with Gasteiger partial charge in [-0.1, -0.05) is 45.9 Å². The van der Waals surface area contributed by atoms with Gasteiger partial charge in [-0.2, -0.15) is 0 Å². The Kier molecular flexibility index (Phi) is 3.56. The molecule has 1 aromatic carbocycles. The molecule has 1 rings (SSSR count). The first-order chi connectivity index (χ1) is 6.55. The van der Waals surface area contributed by atoms with E-state index in [4.69, 9.17) is 0 Å². The Bertz CT molecular complexity index is 284. The van der Waals surface area contributed by atoms with Crippen molar-refractivity contribution in [2.75, 3.05) is 11.9 Å². The van der Waals surface area contributed by atoms with Gasteiger partial charge in [0.1, 0.15) is 0 Å². The third-order valence-electron chi connectivity index (χ3n) is 2.30. The number of rotatable bonds is 3. The zero-order valence-electron chi connectivity index (χ0n) is 9.72. The van der Waals surface area contributed by atoms with E-state index in [0.29, 0.717) is 0 Å². The minimum Gasteiger partial charge on any atom is -0.385 e. The molecule has 0 radical (unpaired) electrons. The predicted octanol–water partition coefficient (Wildman–Crippen LogP) is 3.81. The van der Waals surface area contributed by atoms with Crippen LogP contribution in [0.5, 0.6) is 0 Å². The molecule has 1 N–H and O–H groups in total. The first kappa shape index (κ1) is 11.1. The molecule has 1 heteroatoms. The largest absolute Gasteiger partial charge is 0.385 e. The summed E-state index contributed by atoms with van der Waals surface area (Å²) in [4.78, 5) is 0. The SMILES string of the molecule is CCCNc1ccccc1C(C)(C)C. The lowest BCUT2D eigenvalue weighted by atomic mass is 9.86. The quantitative estimate of drug-likeness (QED) is 0.766. The number of para-hydroxylation sites is 1. The molecule has 0 amide bonds. The highest BCUT2D eigenvalue weighted by atomic mass is 14.9. The van der Waals surface area contributed by atoms with Crippen LogP contribution in [-0.2, 0) is 5.41 Å². The number of hydrogen-bond acceptors (Lipinski definition) is 1. The molecule has 14 heavy (non-hydrogen) atoms. The molecule has 0 aliphatic heterocycles. The van der Waals surface area contributed by atoms with Gasteiger partial charge in [0.2, 0.25) is 0 Å². The first-order valence-electron chi connectivity index (χ1n) is 5.39. The molecule has 78 valence electrons. The zero-order chi connectivity index (χ0) is 10.6. The van der Waals surface area contributed by atoms with Crippen molar-refractivity contribution >= 4 is 5.69 Å². The summed E-state index contributed by atoms with van der Waals surface area (Å²) in [5.74, 6) is 0. The van der Waals surface area contributed by atoms with Crippen molar-refractivity contribution in [3.8, 4) is 0 Å². The summed E-state index contributed by atoms with van der Waals surface area (Å²) in [5.41, 5.74) is 2.90. The fourth-order valence-electron chi connectivity index (χ4n) is 1.55. The zero-order valence-corrected chi connectivity index (χ0v) is 9.72. The van der Waals surface area contributed by atoms with E-state index in [-0.39, 0.29) is 5.41 Å². The molecular weight excluding hydrogens is 170 g/mol. The number of nitrogens with one attached hydrogen (secondary N) is 1. The standard InChI is InChI=1S/C13H21N/c1-5-10-14-12-9-7-6-8-11(12)13(2,3)4/h6-9,14H,5,10H2,1-4H3. The first-order valence-corrected chi connectivity index (χ1v) is 5.39. The predicted molar refractivity (Wildman–Crippen MR) is 63.9 cm³/mol. The second-order valence-corrected chi connectivity index (χ2v) is 4.72. The van der Waals surface area contributed by atoms with Crippen molar-refractivity contribution in [3.05, 3.63) is 29.8 Å². The molecule has 0 aliphatic rings. The normalized spacial score (nSPS) is 11.4. The van der Waals surface area contributed by atoms with Gasteiger partial charge < -0.3 is 5.32 Å². The molecular formula is C13H21N. The summed E-state index contributed by atoms with van der Waals surface area (Å²) >= 11 is 0. The third-order valence-corrected chi connectivity index (χ3v) is 2.30. The fraction of sp³-hybridized carbons (Fsp3) is 0.538. The maximum Gasteiger partial charge on any atom is 0.0378 e. The highest BCUT2D eigenvalue weighted by molar-refractivity contribution is 5.53. The van der Waals surface area contributed by atoms with Crippen LogP contribution in [-0.4, -0.2) is 6.54 Å². The molecule has 0 aliphatic carbocycles. The van der Waals surface area contributed by atoms with Gasteiger partial charge in [-0.15, -0.1) is 0 Å². The Labute approximate surface area is 87.5 Å². The molecule has 0 bridgehead atoms. The second kappa shape index (κ2) is 4.50. The molecule has 0 saturated heterocycles. The van der Waals surface area contributed by atoms with Crippen LogP contribution in [0.15, 0.2) is 24.3 Å². The van der Waals surface area contributed by atoms with E-state index >= 15 is 0 Å². The summed E-state index contributed by atoms with van der Waals surface area (Å²) in [7, 11) is 0. The van der Waals surface area contributed by atoms with Crippen LogP contribution < -0.4 is 5.32 Å². The Morgan fingerprint density at radius 2 is 1.79 bits per heavy atom. The van der Waals surface area contributed by atoms with Crippen LogP contribution in [0.2, 0.25) is 0 Å². The Hall–Kier alpha value is -0.980. The Morgan fingerprint density at radius 3 is 2.36 bits per heavy atom. The minimum atomic E-state index is 0.220. The minimum absolute atomic E-state index is 0.220. The highest BCUT2D eigenvalue weighted by Crippen LogP contribution is 2.28. The van der Waals surface area contributed by atoms with Gasteiger partial charge in [0.05, 0.1) is 0 Å². The number of anilines is 1. The topological polar surface area (TPSA) is 12.0 Å². The van der Waals surface area contributed by atoms with Crippen LogP contribution in [0.1, 0.15) is 39.7 Å². The molecule has 0 spiro atoms. The lowest BCUT2D eigenvalue weighted by Crippen LogP contribution is -2.15. The number of hydrogen-bond donors (Lipinski definition) is 1. The molecule has 1 aromatic rings. The van der Waals surface area contributed by atoms with Crippen molar-refractivity contribution in [2.24, 2.45) is 0 Å². The van der Waals surface area contributed by atoms with Crippen LogP contribution in [0.3, 0.4) is 0 Å². The molecule has 0 atom stereocenters. The Morgan fingerprint density at radius 1 is 1.14 bits per heavy atom. The van der Waals surface area contributed by atoms with Gasteiger partial charge in [0.25, 0.3) is 0 Å². The van der Waals surface area contributed by atoms with Crippen molar-refractivity contribution in [3.63, 3.8) is 0 Å². The summed E-state index contributed by atoms with van der Waals surface area (Å²) in [5, 5.41) is 3.47. The van der Waals surface area contributed by atoms with Crippen LogP contribution >= 0.6 is 0 Å². The maximum atomic E-state index is 3.47. The Balaban J connectivity index is 2.92. The summed E-state index contributed by atoms with van der Waals surface area (Å²) < 4.78 is 0. The lowest BCUT2D eigenvalue weighted by Gasteiger charge is -2.23. The fourth-order valence-corrected chi connectivity index (χ4v) is 1.55. The van der Waals surface area contributed by atoms with Gasteiger partial charge in [0.15, 0.2) is 0 Å². The van der Waals surface area contributed by atoms with Crippen molar-refractivity contribution in [1.82, 2.24) is 0 Å². The monoisotopic (exact) mass is 191 g/mol. The van der Waals surface area contributed by atoms with Gasteiger partial charge in [-0.25, -0.2) is 0 Å². The van der Waals surface area contributed by atoms with E-state index in [1.165, 1.54) is 17.7 Å². The van der Waals surface area contributed by atoms with Gasteiger partial charge in [-0.3, -0.25) is 0 Å². The molecule has 1 nitrogen and oxygen atoms in total. The van der Waals surface area contributed by atoms with Crippen LogP contribution in [0, 0.1) is 0 Å². The average molecular weight is 191 g/mol. The number of benzene rings is 1. The average Bonchev–Trinajstić information content (AvgIpc) is 2.14. The summed E-state index contributed by atoms with van der Waals surface area (Å²) in [6.45, 7) is 9.98. The van der Waals surface area contributed by atoms with E-state index < -0.39 is 0 Å². The van der Waals surface area contributed by atoms with Crippen LogP contribution in [0.25, 0.3) is 0 Å². The van der Waals surface area contributed by atoms with E-state index in [1.807, 2.05) is 0 Å². The van der Waals surface area contributed by atoms with E-state index in [2.05, 4.69) is 57.3 Å². The molecule has 0 saturated carbocycles. The lowest BCUT2D eigenvalue weighted by molar-refractivity contribution is 0.591. The second-order valence-electron chi connectivity index (χ2n) is 4.72. The smallest absolute Gasteiger partial charge is 0.0378 e. The van der Waals surface area contributed by atoms with E-state index in [9.17, 15) is 0 Å². The summed E-state index contributed by atoms with van der Waals surface area (Å²) in [6.07, 6.45) is 1.17. The third kappa shape index (κ3) is 2.76. The van der Waals surface area contributed by atoms with Crippen molar-refractivity contribution in [2.45, 2.75) is 39.5 Å². The van der Waals surface area contributed by atoms with E-state index in [0.717, 1.165) is 6.54 Å². The highest BCUT2D eigenvalue weighted by Gasteiger charge is 2.16. The summed E-state index contributed by atoms with van der Waals surface area (Å²) in [6, 6.07) is 8.57. The van der Waals surface area contributed by atoms with Crippen molar-refractivity contribution in [1.29, 1.82) is 0 Å².